The van der Waals surface area contributed by atoms with Crippen molar-refractivity contribution in [3.05, 3.63) is 83.9 Å². The molecule has 0 spiro atoms. The number of imidazole rings is 1. The third-order valence-electron chi connectivity index (χ3n) is 6.58. The Morgan fingerprint density at radius 1 is 1.03 bits per heavy atom. The van der Waals surface area contributed by atoms with Crippen molar-refractivity contribution in [1.82, 2.24) is 19.4 Å². The van der Waals surface area contributed by atoms with E-state index in [1.807, 2.05) is 53.1 Å². The highest BCUT2D eigenvalue weighted by atomic mass is 16.5. The number of fused-ring (bicyclic) bond motifs is 2. The summed E-state index contributed by atoms with van der Waals surface area (Å²) >= 11 is 0. The predicted octanol–water partition coefficient (Wildman–Crippen LogP) is 4.66. The van der Waals surface area contributed by atoms with Gasteiger partial charge in [-0.15, -0.1) is 0 Å². The number of para-hydroxylation sites is 1. The first kappa shape index (κ1) is 23.6. The molecule has 1 aliphatic rings. The van der Waals surface area contributed by atoms with Crippen molar-refractivity contribution >= 4 is 40.5 Å². The Balaban J connectivity index is 1.44. The van der Waals surface area contributed by atoms with Crippen molar-refractivity contribution in [2.75, 3.05) is 38.3 Å². The number of hydrogen-bond acceptors (Lipinski definition) is 7. The molecule has 0 saturated carbocycles. The SMILES string of the molecule is COc1cc(-c2cnc(N3CCOCC3)c3nc(/C=C/c4ccc5ccccc5n4)cn23)ccc1C(=O)O. The number of methoxy groups -OCH3 is 1. The lowest BCUT2D eigenvalue weighted by molar-refractivity contribution is 0.0693. The number of benzene rings is 2. The van der Waals surface area contributed by atoms with E-state index in [4.69, 9.17) is 24.4 Å². The van der Waals surface area contributed by atoms with Gasteiger partial charge in [0.2, 0.25) is 0 Å². The second kappa shape index (κ2) is 9.95. The minimum absolute atomic E-state index is 0.0996. The Morgan fingerprint density at radius 2 is 1.84 bits per heavy atom. The third-order valence-corrected chi connectivity index (χ3v) is 6.58. The molecule has 1 fully saturated rings. The average Bonchev–Trinajstić information content (AvgIpc) is 3.40. The molecule has 38 heavy (non-hydrogen) atoms. The van der Waals surface area contributed by atoms with E-state index in [-0.39, 0.29) is 11.3 Å². The van der Waals surface area contributed by atoms with Crippen molar-refractivity contribution in [3.8, 4) is 17.0 Å². The normalized spacial score (nSPS) is 14.0. The minimum Gasteiger partial charge on any atom is -0.496 e. The van der Waals surface area contributed by atoms with Crippen molar-refractivity contribution in [2.45, 2.75) is 0 Å². The van der Waals surface area contributed by atoms with Gasteiger partial charge in [-0.3, -0.25) is 4.40 Å². The van der Waals surface area contributed by atoms with Gasteiger partial charge in [0.1, 0.15) is 11.3 Å². The van der Waals surface area contributed by atoms with Gasteiger partial charge < -0.3 is 19.5 Å². The predicted molar refractivity (Wildman–Crippen MR) is 146 cm³/mol. The zero-order valence-corrected chi connectivity index (χ0v) is 20.7. The zero-order chi connectivity index (χ0) is 26.1. The van der Waals surface area contributed by atoms with Crippen LogP contribution in [0.15, 0.2) is 67.0 Å². The number of carboxylic acids is 1. The summed E-state index contributed by atoms with van der Waals surface area (Å²) in [6.45, 7) is 2.71. The highest BCUT2D eigenvalue weighted by molar-refractivity contribution is 5.92. The van der Waals surface area contributed by atoms with Crippen LogP contribution in [0, 0.1) is 0 Å². The maximum Gasteiger partial charge on any atom is 0.339 e. The first-order valence-corrected chi connectivity index (χ1v) is 12.3. The largest absolute Gasteiger partial charge is 0.496 e. The number of hydrogen-bond donors (Lipinski definition) is 1. The second-order valence-corrected chi connectivity index (χ2v) is 8.91. The molecule has 190 valence electrons. The van der Waals surface area contributed by atoms with Crippen molar-refractivity contribution in [2.24, 2.45) is 0 Å². The number of pyridine rings is 1. The van der Waals surface area contributed by atoms with E-state index < -0.39 is 5.97 Å². The van der Waals surface area contributed by atoms with Crippen molar-refractivity contribution in [3.63, 3.8) is 0 Å². The van der Waals surface area contributed by atoms with Gasteiger partial charge in [-0.25, -0.2) is 19.7 Å². The molecule has 1 saturated heterocycles. The number of ether oxygens (including phenoxy) is 2. The topological polar surface area (TPSA) is 102 Å². The Bertz CT molecular complexity index is 1690. The van der Waals surface area contributed by atoms with Crippen LogP contribution in [0.3, 0.4) is 0 Å². The standard InChI is InChI=1S/C29H25N5O4/c1-37-26-16-20(7-11-23(26)29(35)36)25-17-30-27(33-12-14-38-15-13-33)28-32-22(18-34(25)28)10-9-21-8-6-19-4-2-3-5-24(19)31-21/h2-11,16-18H,12-15H2,1H3,(H,35,36)/b10-9+. The molecule has 1 N–H and O–H groups in total. The first-order chi connectivity index (χ1) is 18.6. The molecular weight excluding hydrogens is 482 g/mol. The van der Waals surface area contributed by atoms with E-state index >= 15 is 0 Å². The van der Waals surface area contributed by atoms with Gasteiger partial charge >= 0.3 is 5.97 Å². The first-order valence-electron chi connectivity index (χ1n) is 12.3. The second-order valence-electron chi connectivity index (χ2n) is 8.91. The maximum absolute atomic E-state index is 11.6. The summed E-state index contributed by atoms with van der Waals surface area (Å²) in [7, 11) is 1.46. The highest BCUT2D eigenvalue weighted by Gasteiger charge is 2.20. The van der Waals surface area contributed by atoms with Crippen molar-refractivity contribution in [1.29, 1.82) is 0 Å². The van der Waals surface area contributed by atoms with Gasteiger partial charge in [0.05, 0.1) is 49.1 Å². The van der Waals surface area contributed by atoms with Gasteiger partial charge in [-0.1, -0.05) is 30.3 Å². The van der Waals surface area contributed by atoms with Crippen LogP contribution in [-0.2, 0) is 4.74 Å². The molecule has 0 bridgehead atoms. The highest BCUT2D eigenvalue weighted by Crippen LogP contribution is 2.31. The van der Waals surface area contributed by atoms with Crippen LogP contribution in [0.4, 0.5) is 5.82 Å². The van der Waals surface area contributed by atoms with E-state index in [0.717, 1.165) is 52.5 Å². The van der Waals surface area contributed by atoms with E-state index in [9.17, 15) is 9.90 Å². The lowest BCUT2D eigenvalue weighted by Crippen LogP contribution is -2.37. The average molecular weight is 508 g/mol. The summed E-state index contributed by atoms with van der Waals surface area (Å²) in [6, 6.07) is 17.1. The summed E-state index contributed by atoms with van der Waals surface area (Å²) in [4.78, 5) is 28.2. The molecule has 9 nitrogen and oxygen atoms in total. The molecule has 9 heteroatoms. The Labute approximate surface area is 218 Å². The Hall–Kier alpha value is -4.76. The molecule has 2 aromatic carbocycles. The monoisotopic (exact) mass is 507 g/mol. The number of morpholine rings is 1. The number of carboxylic acid groups (broad SMARTS) is 1. The van der Waals surface area contributed by atoms with E-state index in [2.05, 4.69) is 11.0 Å². The van der Waals surface area contributed by atoms with Gasteiger partial charge in [-0.2, -0.15) is 0 Å². The minimum atomic E-state index is -1.04. The maximum atomic E-state index is 11.6. The van der Waals surface area contributed by atoms with E-state index in [1.165, 1.54) is 7.11 Å². The Kier molecular flexibility index (Phi) is 6.19. The number of aromatic nitrogens is 4. The number of anilines is 1. The smallest absolute Gasteiger partial charge is 0.339 e. The van der Waals surface area contributed by atoms with Gasteiger partial charge in [0.25, 0.3) is 0 Å². The fraction of sp³-hybridized carbons (Fsp3) is 0.172. The number of aromatic carboxylic acids is 1. The summed E-state index contributed by atoms with van der Waals surface area (Å²) in [5.41, 5.74) is 4.85. The summed E-state index contributed by atoms with van der Waals surface area (Å²) in [6.07, 6.45) is 7.62. The van der Waals surface area contributed by atoms with E-state index in [1.54, 1.807) is 24.4 Å². The van der Waals surface area contributed by atoms with Crippen LogP contribution in [-0.4, -0.2) is 63.8 Å². The van der Waals surface area contributed by atoms with Gasteiger partial charge in [0, 0.05) is 30.2 Å². The molecule has 3 aromatic heterocycles. The van der Waals surface area contributed by atoms with Crippen molar-refractivity contribution < 1.29 is 19.4 Å². The van der Waals surface area contributed by atoms with Crippen LogP contribution >= 0.6 is 0 Å². The van der Waals surface area contributed by atoms with Crippen LogP contribution < -0.4 is 9.64 Å². The molecule has 0 amide bonds. The fourth-order valence-electron chi connectivity index (χ4n) is 4.65. The summed E-state index contributed by atoms with van der Waals surface area (Å²) in [5, 5.41) is 10.6. The van der Waals surface area contributed by atoms with E-state index in [0.29, 0.717) is 18.9 Å². The Morgan fingerprint density at radius 3 is 2.66 bits per heavy atom. The molecular formula is C29H25N5O4. The molecule has 1 aliphatic heterocycles. The van der Waals surface area contributed by atoms with Crippen LogP contribution in [0.2, 0.25) is 0 Å². The molecule has 0 radical (unpaired) electrons. The fourth-order valence-corrected chi connectivity index (χ4v) is 4.65. The van der Waals surface area contributed by atoms with Gasteiger partial charge in [0.15, 0.2) is 11.5 Å². The molecule has 4 heterocycles. The third kappa shape index (κ3) is 4.44. The molecule has 0 aliphatic carbocycles. The van der Waals surface area contributed by atoms with Crippen LogP contribution in [0.5, 0.6) is 5.75 Å². The van der Waals surface area contributed by atoms with Gasteiger partial charge in [-0.05, 0) is 36.4 Å². The van der Waals surface area contributed by atoms with Crippen LogP contribution in [0.1, 0.15) is 21.7 Å². The number of rotatable bonds is 6. The molecule has 0 unspecified atom stereocenters. The number of nitrogens with zero attached hydrogens (tertiary/aromatic N) is 5. The summed E-state index contributed by atoms with van der Waals surface area (Å²) in [5.74, 6) is 0.00867. The molecule has 0 atom stereocenters. The quantitative estimate of drug-likeness (QED) is 0.354. The lowest BCUT2D eigenvalue weighted by Gasteiger charge is -2.28. The lowest BCUT2D eigenvalue weighted by atomic mass is 10.1. The molecule has 5 aromatic rings. The van der Waals surface area contributed by atoms with Crippen LogP contribution in [0.25, 0.3) is 40.0 Å². The summed E-state index contributed by atoms with van der Waals surface area (Å²) < 4.78 is 12.9. The zero-order valence-electron chi connectivity index (χ0n) is 20.7. The number of carbonyl (C=O) groups is 1. The molecule has 6 rings (SSSR count).